The van der Waals surface area contributed by atoms with Gasteiger partial charge in [0.25, 0.3) is 5.91 Å². The third-order valence-electron chi connectivity index (χ3n) is 3.16. The minimum absolute atomic E-state index is 0.120. The third kappa shape index (κ3) is 4.01. The molecule has 0 radical (unpaired) electrons. The molecule has 0 saturated heterocycles. The fraction of sp³-hybridized carbons (Fsp3) is 0.0625. The predicted octanol–water partition coefficient (Wildman–Crippen LogP) is 3.11. The van der Waals surface area contributed by atoms with Crippen molar-refractivity contribution in [1.29, 1.82) is 0 Å². The van der Waals surface area contributed by atoms with Crippen molar-refractivity contribution in [2.75, 3.05) is 11.9 Å². The number of hydrogen-bond acceptors (Lipinski definition) is 4. The molecule has 0 aliphatic rings. The van der Waals surface area contributed by atoms with E-state index in [1.165, 1.54) is 0 Å². The van der Waals surface area contributed by atoms with Crippen molar-refractivity contribution in [2.45, 2.75) is 0 Å². The van der Waals surface area contributed by atoms with Gasteiger partial charge in [-0.1, -0.05) is 18.2 Å². The van der Waals surface area contributed by atoms with Crippen LogP contribution in [0, 0.1) is 3.57 Å². The zero-order valence-electron chi connectivity index (χ0n) is 12.4. The van der Waals surface area contributed by atoms with Crippen LogP contribution in [-0.2, 0) is 4.79 Å². The Morgan fingerprint density at radius 1 is 1.21 bits per heavy atom. The van der Waals surface area contributed by atoms with Crippen molar-refractivity contribution in [3.05, 3.63) is 57.0 Å². The van der Waals surface area contributed by atoms with Gasteiger partial charge in [0.1, 0.15) is 0 Å². The number of amides is 2. The summed E-state index contributed by atoms with van der Waals surface area (Å²) in [4.78, 5) is 25.1. The molecule has 0 fully saturated rings. The molecule has 0 aliphatic heterocycles. The molecule has 2 amide bonds. The second kappa shape index (κ2) is 7.58. The maximum atomic E-state index is 12.1. The molecule has 2 heterocycles. The Morgan fingerprint density at radius 2 is 2.04 bits per heavy atom. The van der Waals surface area contributed by atoms with Gasteiger partial charge in [-0.3, -0.25) is 14.7 Å². The highest BCUT2D eigenvalue weighted by Gasteiger charge is 2.12. The first kappa shape index (κ1) is 16.7. The van der Waals surface area contributed by atoms with Gasteiger partial charge in [-0.05, 0) is 46.2 Å². The number of anilines is 1. The summed E-state index contributed by atoms with van der Waals surface area (Å²) in [7, 11) is 0. The van der Waals surface area contributed by atoms with Crippen LogP contribution in [0.1, 0.15) is 10.4 Å². The Labute approximate surface area is 155 Å². The zero-order valence-corrected chi connectivity index (χ0v) is 15.3. The van der Waals surface area contributed by atoms with Gasteiger partial charge in [0.05, 0.1) is 22.7 Å². The van der Waals surface area contributed by atoms with Crippen LogP contribution in [0.5, 0.6) is 0 Å². The number of carbonyl (C=O) groups is 2. The van der Waals surface area contributed by atoms with Gasteiger partial charge in [-0.25, -0.2) is 0 Å². The second-order valence-corrected chi connectivity index (χ2v) is 6.96. The normalized spacial score (nSPS) is 10.4. The predicted molar refractivity (Wildman–Crippen MR) is 102 cm³/mol. The fourth-order valence-corrected chi connectivity index (χ4v) is 3.36. The monoisotopic (exact) mass is 452 g/mol. The molecule has 0 unspecified atom stereocenters. The van der Waals surface area contributed by atoms with Gasteiger partial charge >= 0.3 is 0 Å². The molecule has 0 spiro atoms. The van der Waals surface area contributed by atoms with E-state index in [1.54, 1.807) is 29.5 Å². The average Bonchev–Trinajstić information content (AvgIpc) is 3.24. The van der Waals surface area contributed by atoms with Gasteiger partial charge in [0.15, 0.2) is 5.82 Å². The molecule has 8 heteroatoms. The summed E-state index contributed by atoms with van der Waals surface area (Å²) in [5, 5.41) is 14.1. The molecule has 0 aliphatic carbocycles. The van der Waals surface area contributed by atoms with Crippen LogP contribution < -0.4 is 10.6 Å². The number of aromatic amines is 1. The Kier molecular flexibility index (Phi) is 5.26. The van der Waals surface area contributed by atoms with Crippen LogP contribution in [-0.4, -0.2) is 28.6 Å². The van der Waals surface area contributed by atoms with Gasteiger partial charge in [-0.2, -0.15) is 5.10 Å². The first-order chi connectivity index (χ1) is 11.6. The number of thiophene rings is 1. The molecular weight excluding hydrogens is 439 g/mol. The minimum Gasteiger partial charge on any atom is -0.343 e. The van der Waals surface area contributed by atoms with E-state index in [9.17, 15) is 9.59 Å². The molecule has 3 aromatic rings. The lowest BCUT2D eigenvalue weighted by molar-refractivity contribution is -0.115. The summed E-state index contributed by atoms with van der Waals surface area (Å²) < 4.78 is 0.834. The first-order valence-electron chi connectivity index (χ1n) is 7.05. The van der Waals surface area contributed by atoms with E-state index in [2.05, 4.69) is 43.4 Å². The summed E-state index contributed by atoms with van der Waals surface area (Å²) in [5.74, 6) is -0.193. The van der Waals surface area contributed by atoms with Gasteiger partial charge in [0, 0.05) is 9.64 Å². The molecular formula is C16H13IN4O2S. The topological polar surface area (TPSA) is 86.9 Å². The van der Waals surface area contributed by atoms with Crippen molar-refractivity contribution in [1.82, 2.24) is 15.5 Å². The van der Waals surface area contributed by atoms with Gasteiger partial charge in [-0.15, -0.1) is 11.3 Å². The molecule has 122 valence electrons. The number of rotatable bonds is 5. The molecule has 3 rings (SSSR count). The number of H-pyrrole nitrogens is 1. The highest BCUT2D eigenvalue weighted by atomic mass is 127. The highest BCUT2D eigenvalue weighted by molar-refractivity contribution is 14.1. The molecule has 6 nitrogen and oxygen atoms in total. The van der Waals surface area contributed by atoms with E-state index in [0.29, 0.717) is 11.4 Å². The van der Waals surface area contributed by atoms with Crippen LogP contribution in [0.2, 0.25) is 0 Å². The smallest absolute Gasteiger partial charge is 0.252 e. The van der Waals surface area contributed by atoms with Crippen LogP contribution >= 0.6 is 33.9 Å². The van der Waals surface area contributed by atoms with Crippen LogP contribution in [0.15, 0.2) is 47.8 Å². The number of benzene rings is 1. The fourth-order valence-electron chi connectivity index (χ4n) is 2.03. The summed E-state index contributed by atoms with van der Waals surface area (Å²) in [6.07, 6.45) is 0. The zero-order chi connectivity index (χ0) is 16.9. The van der Waals surface area contributed by atoms with E-state index in [-0.39, 0.29) is 18.4 Å². The Balaban J connectivity index is 1.55. The van der Waals surface area contributed by atoms with E-state index >= 15 is 0 Å². The first-order valence-corrected chi connectivity index (χ1v) is 9.01. The summed E-state index contributed by atoms with van der Waals surface area (Å²) in [6.45, 7) is -0.120. The highest BCUT2D eigenvalue weighted by Crippen LogP contribution is 2.24. The molecule has 0 bridgehead atoms. The SMILES string of the molecule is O=C(CNC(=O)c1ccccc1I)Nc1cc(-c2cccs2)[nH]n1. The van der Waals surface area contributed by atoms with Crippen LogP contribution in [0.4, 0.5) is 5.82 Å². The lowest BCUT2D eigenvalue weighted by atomic mass is 10.2. The number of carbonyl (C=O) groups excluding carboxylic acids is 2. The van der Waals surface area contributed by atoms with E-state index in [0.717, 1.165) is 14.1 Å². The molecule has 1 aromatic carbocycles. The molecule has 0 saturated carbocycles. The Morgan fingerprint density at radius 3 is 2.79 bits per heavy atom. The molecule has 2 aromatic heterocycles. The van der Waals surface area contributed by atoms with Crippen molar-refractivity contribution in [3.8, 4) is 10.6 Å². The van der Waals surface area contributed by atoms with Crippen molar-refractivity contribution < 1.29 is 9.59 Å². The van der Waals surface area contributed by atoms with Crippen molar-refractivity contribution in [2.24, 2.45) is 0 Å². The summed E-state index contributed by atoms with van der Waals surface area (Å²) in [5.41, 5.74) is 1.38. The molecule has 0 atom stereocenters. The number of hydrogen-bond donors (Lipinski definition) is 3. The quantitative estimate of drug-likeness (QED) is 0.520. The summed E-state index contributed by atoms with van der Waals surface area (Å²) >= 11 is 3.66. The van der Waals surface area contributed by atoms with Crippen molar-refractivity contribution in [3.63, 3.8) is 0 Å². The maximum Gasteiger partial charge on any atom is 0.252 e. The lowest BCUT2D eigenvalue weighted by Crippen LogP contribution is -2.33. The Hall–Kier alpha value is -2.20. The van der Waals surface area contributed by atoms with Crippen LogP contribution in [0.25, 0.3) is 10.6 Å². The van der Waals surface area contributed by atoms with E-state index in [1.807, 2.05) is 29.6 Å². The van der Waals surface area contributed by atoms with Crippen LogP contribution in [0.3, 0.4) is 0 Å². The molecule has 3 N–H and O–H groups in total. The Bertz CT molecular complexity index is 861. The van der Waals surface area contributed by atoms with E-state index < -0.39 is 0 Å². The van der Waals surface area contributed by atoms with Crippen molar-refractivity contribution >= 4 is 51.6 Å². The molecule has 24 heavy (non-hydrogen) atoms. The minimum atomic E-state index is -0.335. The third-order valence-corrected chi connectivity index (χ3v) is 5.00. The number of nitrogens with zero attached hydrogens (tertiary/aromatic N) is 1. The maximum absolute atomic E-state index is 12.1. The average molecular weight is 452 g/mol. The lowest BCUT2D eigenvalue weighted by Gasteiger charge is -2.06. The van der Waals surface area contributed by atoms with E-state index in [4.69, 9.17) is 0 Å². The number of nitrogens with one attached hydrogen (secondary N) is 3. The largest absolute Gasteiger partial charge is 0.343 e. The number of aromatic nitrogens is 2. The second-order valence-electron chi connectivity index (χ2n) is 4.85. The number of halogens is 1. The summed E-state index contributed by atoms with van der Waals surface area (Å²) in [6, 6.07) is 12.9. The standard InChI is InChI=1S/C16H13IN4O2S/c17-11-5-2-1-4-10(11)16(23)18-9-15(22)19-14-8-12(20-21-14)13-6-3-7-24-13/h1-8H,9H2,(H,18,23)(H2,19,20,21,22). The van der Waals surface area contributed by atoms with Gasteiger partial charge < -0.3 is 10.6 Å². The van der Waals surface area contributed by atoms with Gasteiger partial charge in [0.2, 0.25) is 5.91 Å².